The minimum atomic E-state index is -0.964. The second kappa shape index (κ2) is 7.82. The lowest BCUT2D eigenvalue weighted by Gasteiger charge is -2.39. The number of hydrogen-bond donors (Lipinski definition) is 3. The summed E-state index contributed by atoms with van der Waals surface area (Å²) in [6.07, 6.45) is 5.88. The van der Waals surface area contributed by atoms with Crippen LogP contribution in [0.25, 0.3) is 0 Å². The first-order chi connectivity index (χ1) is 12.5. The molecular weight excluding hydrogens is 332 g/mol. The van der Waals surface area contributed by atoms with Crippen LogP contribution in [0.5, 0.6) is 0 Å². The maximum Gasteiger partial charge on any atom is 0.225 e. The van der Waals surface area contributed by atoms with Crippen LogP contribution in [0.4, 0.5) is 5.95 Å². The number of β-amino-alcohol motifs (C(OH)–C–C–N with tert-alkyl or cyclic N) is 1. The van der Waals surface area contributed by atoms with Crippen LogP contribution in [0.2, 0.25) is 0 Å². The van der Waals surface area contributed by atoms with E-state index in [4.69, 9.17) is 0 Å². The molecule has 26 heavy (non-hydrogen) atoms. The number of hydrogen-bond acceptors (Lipinski definition) is 6. The van der Waals surface area contributed by atoms with Crippen molar-refractivity contribution in [2.75, 3.05) is 24.5 Å². The fourth-order valence-corrected chi connectivity index (χ4v) is 3.41. The van der Waals surface area contributed by atoms with Gasteiger partial charge in [-0.05, 0) is 44.7 Å². The number of aromatic nitrogens is 4. The van der Waals surface area contributed by atoms with Crippen molar-refractivity contribution in [1.82, 2.24) is 25.5 Å². The summed E-state index contributed by atoms with van der Waals surface area (Å²) < 4.78 is 0. The second-order valence-electron chi connectivity index (χ2n) is 6.99. The first-order valence-corrected chi connectivity index (χ1v) is 8.98. The number of carbonyl (C=O) groups excluding carboxylic acids is 1. The summed E-state index contributed by atoms with van der Waals surface area (Å²) in [5.41, 5.74) is 2.05. The van der Waals surface area contributed by atoms with E-state index in [9.17, 15) is 9.90 Å². The van der Waals surface area contributed by atoms with Gasteiger partial charge in [0.05, 0.1) is 17.8 Å². The number of rotatable bonds is 6. The molecule has 3 rings (SSSR count). The third-order valence-electron chi connectivity index (χ3n) is 4.89. The van der Waals surface area contributed by atoms with Crippen LogP contribution in [-0.4, -0.2) is 56.4 Å². The van der Waals surface area contributed by atoms with Gasteiger partial charge >= 0.3 is 0 Å². The fraction of sp³-hybridized carbons (Fsp3) is 0.556. The van der Waals surface area contributed by atoms with Crippen molar-refractivity contribution in [2.45, 2.75) is 45.1 Å². The third kappa shape index (κ3) is 4.37. The number of aryl methyl sites for hydroxylation is 2. The van der Waals surface area contributed by atoms with E-state index >= 15 is 0 Å². The lowest BCUT2D eigenvalue weighted by Crippen LogP contribution is -2.54. The van der Waals surface area contributed by atoms with Crippen LogP contribution < -0.4 is 10.2 Å². The molecule has 0 aromatic carbocycles. The number of H-pyrrole nitrogens is 1. The summed E-state index contributed by atoms with van der Waals surface area (Å²) in [5, 5.41) is 20.8. The van der Waals surface area contributed by atoms with Crippen molar-refractivity contribution >= 4 is 11.9 Å². The van der Waals surface area contributed by atoms with Gasteiger partial charge in [0.2, 0.25) is 11.9 Å². The Bertz CT molecular complexity index is 728. The van der Waals surface area contributed by atoms with Gasteiger partial charge in [0.15, 0.2) is 0 Å². The normalized spacial score (nSPS) is 20.2. The molecule has 1 fully saturated rings. The van der Waals surface area contributed by atoms with Gasteiger partial charge in [-0.15, -0.1) is 0 Å². The summed E-state index contributed by atoms with van der Waals surface area (Å²) in [7, 11) is 0. The van der Waals surface area contributed by atoms with Gasteiger partial charge in [-0.1, -0.05) is 0 Å². The van der Waals surface area contributed by atoms with E-state index in [-0.39, 0.29) is 12.5 Å². The number of aromatic amines is 1. The Morgan fingerprint density at radius 1 is 1.38 bits per heavy atom. The van der Waals surface area contributed by atoms with E-state index in [1.807, 2.05) is 18.7 Å². The van der Waals surface area contributed by atoms with Crippen LogP contribution in [0.15, 0.2) is 18.5 Å². The minimum Gasteiger partial charge on any atom is -0.386 e. The number of nitrogens with zero attached hydrogens (tertiary/aromatic N) is 4. The zero-order valence-electron chi connectivity index (χ0n) is 15.3. The van der Waals surface area contributed by atoms with E-state index in [1.54, 1.807) is 18.5 Å². The molecule has 1 aliphatic rings. The topological polar surface area (TPSA) is 107 Å². The number of aliphatic hydroxyl groups is 1. The van der Waals surface area contributed by atoms with Gasteiger partial charge < -0.3 is 15.3 Å². The van der Waals surface area contributed by atoms with E-state index in [1.165, 1.54) is 0 Å². The highest BCUT2D eigenvalue weighted by molar-refractivity contribution is 5.76. The molecule has 1 aliphatic heterocycles. The van der Waals surface area contributed by atoms with Gasteiger partial charge in [0.1, 0.15) is 0 Å². The standard InChI is InChI=1S/C18H26N6O2/c1-13-15(14(2)23-22-13)5-6-16(25)21-11-18(26)7-3-10-24(12-18)17-19-8-4-9-20-17/h4,8-9,26H,3,5-7,10-12H2,1-2H3,(H,21,25)(H,22,23)/t18-/m1/s1. The summed E-state index contributed by atoms with van der Waals surface area (Å²) in [6.45, 7) is 5.34. The van der Waals surface area contributed by atoms with Gasteiger partial charge in [-0.2, -0.15) is 5.10 Å². The van der Waals surface area contributed by atoms with Crippen molar-refractivity contribution < 1.29 is 9.90 Å². The van der Waals surface area contributed by atoms with Crippen LogP contribution in [0.1, 0.15) is 36.2 Å². The lowest BCUT2D eigenvalue weighted by molar-refractivity contribution is -0.122. The first kappa shape index (κ1) is 18.3. The summed E-state index contributed by atoms with van der Waals surface area (Å²) in [4.78, 5) is 22.7. The summed E-state index contributed by atoms with van der Waals surface area (Å²) >= 11 is 0. The molecule has 0 saturated carbocycles. The molecule has 3 N–H and O–H groups in total. The number of carbonyl (C=O) groups is 1. The predicted molar refractivity (Wildman–Crippen MR) is 97.8 cm³/mol. The smallest absolute Gasteiger partial charge is 0.225 e. The van der Waals surface area contributed by atoms with Crippen LogP contribution in [0.3, 0.4) is 0 Å². The number of nitrogens with one attached hydrogen (secondary N) is 2. The molecule has 3 heterocycles. The molecule has 0 radical (unpaired) electrons. The average molecular weight is 358 g/mol. The van der Waals surface area contributed by atoms with E-state index in [0.29, 0.717) is 31.8 Å². The third-order valence-corrected chi connectivity index (χ3v) is 4.89. The van der Waals surface area contributed by atoms with Crippen LogP contribution in [-0.2, 0) is 11.2 Å². The SMILES string of the molecule is Cc1n[nH]c(C)c1CCC(=O)NC[C@]1(O)CCCN(c2ncccn2)C1. The Labute approximate surface area is 153 Å². The Kier molecular flexibility index (Phi) is 5.51. The quantitative estimate of drug-likeness (QED) is 0.708. The number of anilines is 1. The van der Waals surface area contributed by atoms with Crippen molar-refractivity contribution in [2.24, 2.45) is 0 Å². The van der Waals surface area contributed by atoms with Crippen molar-refractivity contribution in [3.63, 3.8) is 0 Å². The molecule has 8 heteroatoms. The fourth-order valence-electron chi connectivity index (χ4n) is 3.41. The molecule has 0 spiro atoms. The summed E-state index contributed by atoms with van der Waals surface area (Å²) in [5.74, 6) is 0.550. The Hall–Kier alpha value is -2.48. The van der Waals surface area contributed by atoms with Gasteiger partial charge in [0.25, 0.3) is 0 Å². The highest BCUT2D eigenvalue weighted by atomic mass is 16.3. The molecule has 0 bridgehead atoms. The zero-order chi connectivity index (χ0) is 18.6. The highest BCUT2D eigenvalue weighted by Crippen LogP contribution is 2.23. The van der Waals surface area contributed by atoms with Gasteiger partial charge in [-0.25, -0.2) is 9.97 Å². The largest absolute Gasteiger partial charge is 0.386 e. The predicted octanol–water partition coefficient (Wildman–Crippen LogP) is 0.897. The van der Waals surface area contributed by atoms with E-state index in [2.05, 4.69) is 25.5 Å². The molecule has 1 amide bonds. The zero-order valence-corrected chi connectivity index (χ0v) is 15.3. The highest BCUT2D eigenvalue weighted by Gasteiger charge is 2.34. The molecule has 8 nitrogen and oxygen atoms in total. The molecule has 2 aromatic rings. The maximum atomic E-state index is 12.2. The minimum absolute atomic E-state index is 0.0634. The summed E-state index contributed by atoms with van der Waals surface area (Å²) in [6, 6.07) is 1.77. The Balaban J connectivity index is 1.50. The van der Waals surface area contributed by atoms with E-state index < -0.39 is 5.60 Å². The number of amides is 1. The molecule has 1 saturated heterocycles. The first-order valence-electron chi connectivity index (χ1n) is 8.98. The van der Waals surface area contributed by atoms with Crippen molar-refractivity contribution in [3.8, 4) is 0 Å². The molecule has 140 valence electrons. The Morgan fingerprint density at radius 3 is 2.85 bits per heavy atom. The van der Waals surface area contributed by atoms with Crippen molar-refractivity contribution in [1.29, 1.82) is 0 Å². The lowest BCUT2D eigenvalue weighted by atomic mass is 9.93. The number of piperidine rings is 1. The molecule has 0 unspecified atom stereocenters. The maximum absolute atomic E-state index is 12.2. The molecule has 1 atom stereocenters. The second-order valence-corrected chi connectivity index (χ2v) is 6.99. The van der Waals surface area contributed by atoms with Crippen molar-refractivity contribution in [3.05, 3.63) is 35.4 Å². The molecular formula is C18H26N6O2. The molecule has 0 aliphatic carbocycles. The van der Waals surface area contributed by atoms with E-state index in [0.717, 1.165) is 29.9 Å². The van der Waals surface area contributed by atoms with Gasteiger partial charge in [-0.3, -0.25) is 9.89 Å². The van der Waals surface area contributed by atoms with Gasteiger partial charge in [0, 0.05) is 37.6 Å². The monoisotopic (exact) mass is 358 g/mol. The Morgan fingerprint density at radius 2 is 2.15 bits per heavy atom. The van der Waals surface area contributed by atoms with Crippen LogP contribution in [0, 0.1) is 13.8 Å². The van der Waals surface area contributed by atoms with Crippen LogP contribution >= 0.6 is 0 Å². The molecule has 2 aromatic heterocycles. The average Bonchev–Trinajstić information content (AvgIpc) is 2.97.